The van der Waals surface area contributed by atoms with Crippen molar-refractivity contribution >= 4 is 28.4 Å². The molecule has 0 N–H and O–H groups in total. The number of benzene rings is 2. The van der Waals surface area contributed by atoms with E-state index in [0.717, 1.165) is 40.2 Å². The van der Waals surface area contributed by atoms with Crippen molar-refractivity contribution in [3.05, 3.63) is 82.0 Å². The van der Waals surface area contributed by atoms with Gasteiger partial charge in [-0.3, -0.25) is 9.78 Å². The van der Waals surface area contributed by atoms with E-state index in [1.807, 2.05) is 36.2 Å². The number of rotatable bonds is 10. The first-order chi connectivity index (χ1) is 18.2. The van der Waals surface area contributed by atoms with Gasteiger partial charge in [-0.1, -0.05) is 49.7 Å². The molecule has 0 spiro atoms. The molecule has 0 aliphatic rings. The predicted molar refractivity (Wildman–Crippen MR) is 151 cm³/mol. The van der Waals surface area contributed by atoms with Crippen LogP contribution in [0.5, 0.6) is 11.5 Å². The molecule has 200 valence electrons. The standard InChI is InChI=1S/C30H35ClN4O3/c1-19(2)15-16-35(30(36)23-13-14-26(37-5)29(38-6)28(23)31)18-27-33-25(20(3)34(27)4)17-22-12-11-21-9-7-8-10-24(21)32-22/h7-14,19H,15-18H2,1-6H3. The quantitative estimate of drug-likeness (QED) is 0.241. The largest absolute Gasteiger partial charge is 0.493 e. The third-order valence-corrected chi connectivity index (χ3v) is 7.26. The van der Waals surface area contributed by atoms with Crippen molar-refractivity contribution in [2.45, 2.75) is 40.2 Å². The van der Waals surface area contributed by atoms with E-state index in [1.54, 1.807) is 19.2 Å². The van der Waals surface area contributed by atoms with Crippen molar-refractivity contribution in [1.82, 2.24) is 19.4 Å². The molecular weight excluding hydrogens is 500 g/mol. The minimum atomic E-state index is -0.171. The van der Waals surface area contributed by atoms with Gasteiger partial charge in [0.15, 0.2) is 11.5 Å². The number of aromatic nitrogens is 3. The number of amides is 1. The molecule has 0 saturated heterocycles. The van der Waals surface area contributed by atoms with Crippen LogP contribution in [0.4, 0.5) is 0 Å². The number of hydrogen-bond acceptors (Lipinski definition) is 5. The minimum absolute atomic E-state index is 0.171. The van der Waals surface area contributed by atoms with Crippen LogP contribution in [0.1, 0.15) is 53.5 Å². The van der Waals surface area contributed by atoms with Gasteiger partial charge in [-0.25, -0.2) is 4.98 Å². The highest BCUT2D eigenvalue weighted by Crippen LogP contribution is 2.38. The number of carbonyl (C=O) groups is 1. The van der Waals surface area contributed by atoms with Crippen LogP contribution in [-0.4, -0.2) is 46.1 Å². The van der Waals surface area contributed by atoms with Gasteiger partial charge < -0.3 is 18.9 Å². The van der Waals surface area contributed by atoms with Crippen LogP contribution < -0.4 is 9.47 Å². The summed E-state index contributed by atoms with van der Waals surface area (Å²) in [6.07, 6.45) is 1.47. The second-order valence-corrected chi connectivity index (χ2v) is 10.2. The summed E-state index contributed by atoms with van der Waals surface area (Å²) in [7, 11) is 5.04. The Morgan fingerprint density at radius 1 is 1.05 bits per heavy atom. The van der Waals surface area contributed by atoms with E-state index in [1.165, 1.54) is 7.11 Å². The van der Waals surface area contributed by atoms with Crippen molar-refractivity contribution in [3.63, 3.8) is 0 Å². The Balaban J connectivity index is 1.62. The summed E-state index contributed by atoms with van der Waals surface area (Å²) in [6, 6.07) is 15.6. The van der Waals surface area contributed by atoms with E-state index in [9.17, 15) is 4.79 Å². The number of carbonyl (C=O) groups excluding carboxylic acids is 1. The molecule has 0 unspecified atom stereocenters. The van der Waals surface area contributed by atoms with Crippen molar-refractivity contribution in [1.29, 1.82) is 0 Å². The molecule has 0 saturated carbocycles. The zero-order chi connectivity index (χ0) is 27.4. The second kappa shape index (κ2) is 11.9. The Hall–Kier alpha value is -3.58. The zero-order valence-corrected chi connectivity index (χ0v) is 23.7. The van der Waals surface area contributed by atoms with Crippen molar-refractivity contribution < 1.29 is 14.3 Å². The molecule has 0 atom stereocenters. The van der Waals surface area contributed by atoms with Crippen LogP contribution in [0.25, 0.3) is 10.9 Å². The summed E-state index contributed by atoms with van der Waals surface area (Å²) in [5.41, 5.74) is 4.30. The van der Waals surface area contributed by atoms with E-state index in [2.05, 4.69) is 37.5 Å². The molecule has 0 bridgehead atoms. The predicted octanol–water partition coefficient (Wildman–Crippen LogP) is 6.23. The van der Waals surface area contributed by atoms with E-state index < -0.39 is 0 Å². The maximum absolute atomic E-state index is 13.8. The van der Waals surface area contributed by atoms with Crippen LogP contribution >= 0.6 is 11.6 Å². The maximum atomic E-state index is 13.8. The Morgan fingerprint density at radius 3 is 2.53 bits per heavy atom. The molecule has 1 amide bonds. The number of halogens is 1. The summed E-state index contributed by atoms with van der Waals surface area (Å²) in [5.74, 6) is 1.90. The van der Waals surface area contributed by atoms with Gasteiger partial charge in [0.1, 0.15) is 5.82 Å². The number of fused-ring (bicyclic) bond motifs is 1. The first-order valence-corrected chi connectivity index (χ1v) is 13.2. The van der Waals surface area contributed by atoms with Crippen LogP contribution in [0.3, 0.4) is 0 Å². The van der Waals surface area contributed by atoms with Crippen LogP contribution in [-0.2, 0) is 20.0 Å². The molecule has 2 heterocycles. The summed E-state index contributed by atoms with van der Waals surface area (Å²) in [5, 5.41) is 1.35. The molecule has 2 aromatic heterocycles. The van der Waals surface area contributed by atoms with Gasteiger partial charge >= 0.3 is 0 Å². The molecular formula is C30H35ClN4O3. The average molecular weight is 535 g/mol. The number of imidazole rings is 1. The molecule has 7 nitrogen and oxygen atoms in total. The normalized spacial score (nSPS) is 11.3. The highest BCUT2D eigenvalue weighted by molar-refractivity contribution is 6.35. The zero-order valence-electron chi connectivity index (χ0n) is 22.9. The Labute approximate surface area is 229 Å². The minimum Gasteiger partial charge on any atom is -0.493 e. The number of pyridine rings is 1. The lowest BCUT2D eigenvalue weighted by Gasteiger charge is -2.24. The Bertz CT molecular complexity index is 1450. The van der Waals surface area contributed by atoms with Gasteiger partial charge in [0.25, 0.3) is 5.91 Å². The van der Waals surface area contributed by atoms with Gasteiger partial charge in [-0.05, 0) is 43.5 Å². The van der Waals surface area contributed by atoms with Gasteiger partial charge in [0.05, 0.1) is 42.6 Å². The molecule has 0 aliphatic heterocycles. The lowest BCUT2D eigenvalue weighted by atomic mass is 10.1. The fraction of sp³-hybridized carbons (Fsp3) is 0.367. The van der Waals surface area contributed by atoms with Gasteiger partial charge in [0, 0.05) is 36.8 Å². The van der Waals surface area contributed by atoms with Crippen molar-refractivity contribution in [2.75, 3.05) is 20.8 Å². The number of hydrogen-bond donors (Lipinski definition) is 0. The topological polar surface area (TPSA) is 69.5 Å². The van der Waals surface area contributed by atoms with Gasteiger partial charge in [-0.2, -0.15) is 0 Å². The maximum Gasteiger partial charge on any atom is 0.255 e. The number of para-hydroxylation sites is 1. The Kier molecular flexibility index (Phi) is 8.57. The summed E-state index contributed by atoms with van der Waals surface area (Å²) < 4.78 is 12.8. The van der Waals surface area contributed by atoms with Crippen LogP contribution in [0.15, 0.2) is 48.5 Å². The molecule has 4 aromatic rings. The molecule has 2 aromatic carbocycles. The second-order valence-electron chi connectivity index (χ2n) is 9.86. The van der Waals surface area contributed by atoms with E-state index in [0.29, 0.717) is 42.5 Å². The lowest BCUT2D eigenvalue weighted by molar-refractivity contribution is 0.0729. The molecule has 38 heavy (non-hydrogen) atoms. The average Bonchev–Trinajstić information content (AvgIpc) is 3.17. The highest BCUT2D eigenvalue weighted by Gasteiger charge is 2.25. The summed E-state index contributed by atoms with van der Waals surface area (Å²) in [6.45, 7) is 7.28. The third-order valence-electron chi connectivity index (χ3n) is 6.89. The monoisotopic (exact) mass is 534 g/mol. The molecule has 0 radical (unpaired) electrons. The molecule has 0 fully saturated rings. The lowest BCUT2D eigenvalue weighted by Crippen LogP contribution is -2.33. The van der Waals surface area contributed by atoms with E-state index in [-0.39, 0.29) is 10.9 Å². The van der Waals surface area contributed by atoms with Crippen LogP contribution in [0, 0.1) is 12.8 Å². The third kappa shape index (κ3) is 5.78. The fourth-order valence-corrected chi connectivity index (χ4v) is 4.76. The van der Waals surface area contributed by atoms with Crippen molar-refractivity contribution in [2.24, 2.45) is 13.0 Å². The number of methoxy groups -OCH3 is 2. The van der Waals surface area contributed by atoms with Crippen molar-refractivity contribution in [3.8, 4) is 11.5 Å². The SMILES string of the molecule is COc1ccc(C(=O)N(CCC(C)C)Cc2nc(Cc3ccc4ccccc4n3)c(C)n2C)c(Cl)c1OC. The molecule has 0 aliphatic carbocycles. The summed E-state index contributed by atoms with van der Waals surface area (Å²) >= 11 is 6.61. The van der Waals surface area contributed by atoms with Gasteiger partial charge in [0.2, 0.25) is 0 Å². The first-order valence-electron chi connectivity index (χ1n) is 12.8. The highest BCUT2D eigenvalue weighted by atomic mass is 35.5. The van der Waals surface area contributed by atoms with Gasteiger partial charge in [-0.15, -0.1) is 0 Å². The first kappa shape index (κ1) is 27.5. The van der Waals surface area contributed by atoms with E-state index >= 15 is 0 Å². The smallest absolute Gasteiger partial charge is 0.255 e. The van der Waals surface area contributed by atoms with E-state index in [4.69, 9.17) is 31.0 Å². The molecule has 8 heteroatoms. The molecule has 4 rings (SSSR count). The number of ether oxygens (including phenoxy) is 2. The van der Waals surface area contributed by atoms with Crippen LogP contribution in [0.2, 0.25) is 5.02 Å². The fourth-order valence-electron chi connectivity index (χ4n) is 4.45. The number of nitrogens with zero attached hydrogens (tertiary/aromatic N) is 4. The summed E-state index contributed by atoms with van der Waals surface area (Å²) in [4.78, 5) is 25.4. The Morgan fingerprint density at radius 2 is 1.82 bits per heavy atom.